The first kappa shape index (κ1) is 50.8. The van der Waals surface area contributed by atoms with Crippen LogP contribution in [0.2, 0.25) is 0 Å². The van der Waals surface area contributed by atoms with Crippen molar-refractivity contribution in [2.24, 2.45) is 11.8 Å². The summed E-state index contributed by atoms with van der Waals surface area (Å²) in [6, 6.07) is 0. The third kappa shape index (κ3) is 27.0. The van der Waals surface area contributed by atoms with Gasteiger partial charge in [-0.25, -0.2) is 0 Å². The highest BCUT2D eigenvalue weighted by Gasteiger charge is 2.44. The van der Waals surface area contributed by atoms with Crippen LogP contribution in [0.1, 0.15) is 58.8 Å². The Morgan fingerprint density at radius 3 is 1.53 bits per heavy atom. The SMILES string of the molecule is C.COCCCC(=O)OC1OC(=O)CC1C(=O)OCCCOP(C)(C)=O.CP(=O)(Cl)Cl.O=C(CCCO)OC1OC(=O)CC1C(=O)OCCCO. The molecule has 2 rings (SSSR count). The molecule has 18 nitrogen and oxygen atoms in total. The zero-order valence-corrected chi connectivity index (χ0v) is 31.6. The molecule has 0 aromatic heterocycles. The Bertz CT molecular complexity index is 1180. The highest BCUT2D eigenvalue weighted by Crippen LogP contribution is 2.52. The largest absolute Gasteiger partial charge is 0.465 e. The van der Waals surface area contributed by atoms with Gasteiger partial charge in [-0.05, 0) is 35.3 Å². The lowest BCUT2D eigenvalue weighted by Gasteiger charge is -2.17. The number of hydrogen-bond acceptors (Lipinski definition) is 18. The summed E-state index contributed by atoms with van der Waals surface area (Å²) in [4.78, 5) is 69.4. The van der Waals surface area contributed by atoms with Crippen LogP contribution in [0.15, 0.2) is 0 Å². The van der Waals surface area contributed by atoms with Gasteiger partial charge in [-0.15, -0.1) is 0 Å². The van der Waals surface area contributed by atoms with Crippen LogP contribution in [0, 0.1) is 11.8 Å². The average Bonchev–Trinajstić information content (AvgIpc) is 3.55. The van der Waals surface area contributed by atoms with Gasteiger partial charge in [-0.2, -0.15) is 0 Å². The van der Waals surface area contributed by atoms with E-state index in [0.29, 0.717) is 19.4 Å². The van der Waals surface area contributed by atoms with Gasteiger partial charge in [0, 0.05) is 72.6 Å². The van der Waals surface area contributed by atoms with Gasteiger partial charge in [0.05, 0.1) is 32.7 Å². The van der Waals surface area contributed by atoms with Gasteiger partial charge in [0.1, 0.15) is 11.8 Å². The highest BCUT2D eigenvalue weighted by molar-refractivity contribution is 8.08. The molecule has 4 unspecified atom stereocenters. The first-order chi connectivity index (χ1) is 23.3. The van der Waals surface area contributed by atoms with Gasteiger partial charge in [-0.1, -0.05) is 7.43 Å². The number of halogens is 2. The van der Waals surface area contributed by atoms with Crippen molar-refractivity contribution in [3.8, 4) is 0 Å². The maximum atomic E-state index is 12.0. The van der Waals surface area contributed by atoms with E-state index in [9.17, 15) is 37.9 Å². The lowest BCUT2D eigenvalue weighted by molar-refractivity contribution is -0.189. The molecule has 2 aliphatic heterocycles. The van der Waals surface area contributed by atoms with Crippen molar-refractivity contribution in [3.63, 3.8) is 0 Å². The van der Waals surface area contributed by atoms with Crippen LogP contribution in [-0.4, -0.2) is 125 Å². The van der Waals surface area contributed by atoms with Crippen molar-refractivity contribution in [2.75, 3.05) is 66.7 Å². The number of esters is 6. The molecule has 0 bridgehead atoms. The minimum Gasteiger partial charge on any atom is -0.465 e. The molecule has 4 atom stereocenters. The van der Waals surface area contributed by atoms with E-state index in [4.69, 9.17) is 70.4 Å². The fourth-order valence-electron chi connectivity index (χ4n) is 3.60. The summed E-state index contributed by atoms with van der Waals surface area (Å²) >= 11 is 9.70. The van der Waals surface area contributed by atoms with Crippen molar-refractivity contribution in [1.82, 2.24) is 0 Å². The molecule has 0 aliphatic carbocycles. The number of hydrogen-bond donors (Lipinski definition) is 2. The molecular formula is C29H50Cl2O18P2. The molecule has 0 amide bonds. The van der Waals surface area contributed by atoms with Crippen LogP contribution in [0.4, 0.5) is 0 Å². The fraction of sp³-hybridized carbons (Fsp3) is 0.793. The first-order valence-electron chi connectivity index (χ1n) is 15.3. The highest BCUT2D eigenvalue weighted by atomic mass is 35.9. The van der Waals surface area contributed by atoms with Crippen molar-refractivity contribution in [2.45, 2.75) is 71.4 Å². The predicted octanol–water partition coefficient (Wildman–Crippen LogP) is 3.37. The second-order valence-electron chi connectivity index (χ2n) is 10.8. The van der Waals surface area contributed by atoms with Crippen molar-refractivity contribution in [1.29, 1.82) is 0 Å². The Balaban J connectivity index is 0. The summed E-state index contributed by atoms with van der Waals surface area (Å²) in [5.74, 6) is -8.56. The van der Waals surface area contributed by atoms with Gasteiger partial charge in [0.2, 0.25) is 5.85 Å². The number of ether oxygens (including phenoxy) is 7. The van der Waals surface area contributed by atoms with Crippen LogP contribution >= 0.6 is 35.7 Å². The topological polar surface area (TPSA) is 251 Å². The normalized spacial score (nSPS) is 19.5. The van der Waals surface area contributed by atoms with E-state index in [0.717, 1.165) is 0 Å². The molecule has 0 aromatic rings. The van der Waals surface area contributed by atoms with Gasteiger partial charge >= 0.3 is 35.8 Å². The summed E-state index contributed by atoms with van der Waals surface area (Å²) in [5, 5.41) is 17.2. The number of cyclic esters (lactones) is 2. The van der Waals surface area contributed by atoms with Gasteiger partial charge in [0.25, 0.3) is 12.6 Å². The quantitative estimate of drug-likeness (QED) is 0.0820. The third-order valence-electron chi connectivity index (χ3n) is 5.78. The van der Waals surface area contributed by atoms with Crippen molar-refractivity contribution >= 4 is 71.5 Å². The second kappa shape index (κ2) is 27.3. The fourth-order valence-corrected chi connectivity index (χ4v) is 4.17. The Morgan fingerprint density at radius 1 is 0.725 bits per heavy atom. The minimum atomic E-state index is -2.69. The molecule has 298 valence electrons. The van der Waals surface area contributed by atoms with Gasteiger partial charge < -0.3 is 47.9 Å². The van der Waals surface area contributed by atoms with Crippen molar-refractivity contribution in [3.05, 3.63) is 0 Å². The molecular weight excluding hydrogens is 769 g/mol. The monoisotopic (exact) mass is 818 g/mol. The number of carbonyl (C=O) groups excluding carboxylic acids is 6. The smallest absolute Gasteiger partial charge is 0.317 e. The van der Waals surface area contributed by atoms with E-state index < -0.39 is 73.4 Å². The standard InChI is InChI=1S/C15H25O9P.C12H18O8.CH3Cl2OP.CH4/c1-20-7-4-6-12(16)23-15-11(10-13(17)24-15)14(18)21-8-5-9-22-25(2,3)19;13-4-1-3-9(15)19-12-8(7-10(16)20-12)11(17)18-6-2-5-14;1-5(2,3)4;/h11,15H,4-10H2,1-3H3;8,12-14H,1-7H2;1H3;1H4. The van der Waals surface area contributed by atoms with Crippen LogP contribution in [0.5, 0.6) is 0 Å². The van der Waals surface area contributed by atoms with E-state index in [-0.39, 0.29) is 79.0 Å². The van der Waals surface area contributed by atoms with Gasteiger partial charge in [-0.3, -0.25) is 37.9 Å². The summed E-state index contributed by atoms with van der Waals surface area (Å²) in [7, 11) is -1.05. The predicted molar refractivity (Wildman–Crippen MR) is 181 cm³/mol. The maximum absolute atomic E-state index is 12.0. The second-order valence-corrected chi connectivity index (χ2v) is 19.4. The number of aliphatic hydroxyl groups is 2. The average molecular weight is 820 g/mol. The van der Waals surface area contributed by atoms with Crippen LogP contribution in [-0.2, 0) is 75.6 Å². The molecule has 0 saturated carbocycles. The molecule has 0 aromatic carbocycles. The van der Waals surface area contributed by atoms with E-state index in [1.54, 1.807) is 0 Å². The molecule has 2 saturated heterocycles. The van der Waals surface area contributed by atoms with Crippen LogP contribution in [0.3, 0.4) is 0 Å². The first-order valence-corrected chi connectivity index (χ1v) is 21.8. The Morgan fingerprint density at radius 2 is 1.14 bits per heavy atom. The minimum absolute atomic E-state index is 0. The third-order valence-corrected chi connectivity index (χ3v) is 6.58. The van der Waals surface area contributed by atoms with Gasteiger partial charge in [0.15, 0.2) is 7.37 Å². The molecule has 22 heteroatoms. The number of aliphatic hydroxyl groups excluding tert-OH is 2. The Kier molecular flexibility index (Phi) is 27.2. The molecule has 0 radical (unpaired) electrons. The molecule has 2 N–H and O–H groups in total. The maximum Gasteiger partial charge on any atom is 0.317 e. The number of methoxy groups -OCH3 is 1. The van der Waals surface area contributed by atoms with E-state index >= 15 is 0 Å². The van der Waals surface area contributed by atoms with Crippen molar-refractivity contribution < 1.29 is 85.8 Å². The van der Waals surface area contributed by atoms with Crippen LogP contribution < -0.4 is 0 Å². The summed E-state index contributed by atoms with van der Waals surface area (Å²) in [6.07, 6.45) is -1.57. The number of carbonyl (C=O) groups is 6. The lowest BCUT2D eigenvalue weighted by atomic mass is 10.1. The molecule has 0 spiro atoms. The summed E-state index contributed by atoms with van der Waals surface area (Å²) < 4.78 is 60.4. The molecule has 2 fully saturated rings. The van der Waals surface area contributed by atoms with E-state index in [1.807, 2.05) is 0 Å². The Hall–Kier alpha value is -2.30. The van der Waals surface area contributed by atoms with E-state index in [2.05, 4.69) is 0 Å². The Labute approximate surface area is 306 Å². The van der Waals surface area contributed by atoms with E-state index in [1.165, 1.54) is 27.1 Å². The lowest BCUT2D eigenvalue weighted by Crippen LogP contribution is -2.30. The molecule has 2 aliphatic rings. The van der Waals surface area contributed by atoms with Crippen LogP contribution in [0.25, 0.3) is 0 Å². The summed E-state index contributed by atoms with van der Waals surface area (Å²) in [5.41, 5.74) is 0. The zero-order valence-electron chi connectivity index (χ0n) is 28.3. The molecule has 51 heavy (non-hydrogen) atoms. The number of rotatable bonds is 19. The summed E-state index contributed by atoms with van der Waals surface area (Å²) in [6.45, 7) is 4.63. The zero-order chi connectivity index (χ0) is 38.3. The molecule has 2 heterocycles.